The summed E-state index contributed by atoms with van der Waals surface area (Å²) in [6.07, 6.45) is 7.56. The molecule has 0 amide bonds. The normalized spacial score (nSPS) is 10.9. The van der Waals surface area contributed by atoms with E-state index >= 15 is 0 Å². The fourth-order valence-corrected chi connectivity index (χ4v) is 3.32. The van der Waals surface area contributed by atoms with Gasteiger partial charge in [0.2, 0.25) is 0 Å². The third-order valence-corrected chi connectivity index (χ3v) is 4.77. The monoisotopic (exact) mass is 368 g/mol. The maximum absolute atomic E-state index is 11.9. The average molecular weight is 368 g/mol. The van der Waals surface area contributed by atoms with Crippen LogP contribution in [0.25, 0.3) is 33.4 Å². The maximum Gasteiger partial charge on any atom is 0.182 e. The predicted molar refractivity (Wildman–Crippen MR) is 113 cm³/mol. The summed E-state index contributed by atoms with van der Waals surface area (Å²) >= 11 is 0. The fourth-order valence-electron chi connectivity index (χ4n) is 3.32. The lowest BCUT2D eigenvalue weighted by Gasteiger charge is -2.16. The summed E-state index contributed by atoms with van der Waals surface area (Å²) in [5, 5.41) is 0.961. The Morgan fingerprint density at radius 3 is 2.61 bits per heavy atom. The van der Waals surface area contributed by atoms with Crippen LogP contribution in [0.15, 0.2) is 69.9 Å². The largest absolute Gasteiger partial charge is 0.493 e. The number of unbranched alkanes of at least 4 members (excludes halogenated alkanes) is 1. The van der Waals surface area contributed by atoms with Crippen molar-refractivity contribution < 1.29 is 9.15 Å². The van der Waals surface area contributed by atoms with E-state index in [1.165, 1.54) is 6.07 Å². The number of terminal acetylenes is 1. The summed E-state index contributed by atoms with van der Waals surface area (Å²) in [5.74, 6) is 3.96. The lowest BCUT2D eigenvalue weighted by atomic mass is 9.93. The van der Waals surface area contributed by atoms with Crippen LogP contribution in [0.3, 0.4) is 0 Å². The minimum Gasteiger partial charge on any atom is -0.493 e. The molecule has 1 heterocycles. The van der Waals surface area contributed by atoms with E-state index in [2.05, 4.69) is 12.8 Å². The highest BCUT2D eigenvalue weighted by Gasteiger charge is 2.17. The Hall–Kier alpha value is -3.51. The molecular weight excluding hydrogens is 348 g/mol. The number of fused-ring (bicyclic) bond motifs is 2. The van der Waals surface area contributed by atoms with E-state index in [0.29, 0.717) is 18.0 Å². The Balaban J connectivity index is 1.94. The molecule has 3 nitrogen and oxygen atoms in total. The van der Waals surface area contributed by atoms with E-state index in [1.807, 2.05) is 48.5 Å². The molecular formula is C25H20O3. The fraction of sp³-hybridized carbons (Fsp3) is 0.160. The minimum atomic E-state index is -0.0837. The smallest absolute Gasteiger partial charge is 0.182 e. The molecule has 2 aromatic carbocycles. The van der Waals surface area contributed by atoms with Gasteiger partial charge in [0.05, 0.1) is 6.61 Å². The molecule has 0 spiro atoms. The van der Waals surface area contributed by atoms with Gasteiger partial charge in [0.15, 0.2) is 5.43 Å². The highest BCUT2D eigenvalue weighted by atomic mass is 16.5. The lowest BCUT2D eigenvalue weighted by Crippen LogP contribution is -2.00. The predicted octanol–water partition coefficient (Wildman–Crippen LogP) is 5.73. The van der Waals surface area contributed by atoms with Crippen LogP contribution in [0.1, 0.15) is 25.3 Å². The minimum absolute atomic E-state index is 0.0837. The molecule has 3 heteroatoms. The van der Waals surface area contributed by atoms with E-state index in [4.69, 9.17) is 15.6 Å². The van der Waals surface area contributed by atoms with Crippen molar-refractivity contribution in [2.45, 2.75) is 19.8 Å². The second kappa shape index (κ2) is 7.62. The second-order valence-electron chi connectivity index (χ2n) is 6.72. The summed E-state index contributed by atoms with van der Waals surface area (Å²) in [4.78, 5) is 11.9. The molecule has 1 aliphatic heterocycles. The van der Waals surface area contributed by atoms with Gasteiger partial charge in [-0.3, -0.25) is 4.79 Å². The first kappa shape index (κ1) is 17.9. The Bertz CT molecular complexity index is 1190. The van der Waals surface area contributed by atoms with Crippen molar-refractivity contribution in [3.05, 3.63) is 76.5 Å². The van der Waals surface area contributed by atoms with Crippen molar-refractivity contribution in [1.29, 1.82) is 0 Å². The summed E-state index contributed by atoms with van der Waals surface area (Å²) in [7, 11) is 0. The standard InChI is InChI=1S/C25H20O3/c1-3-5-14-27-20-11-13-22-24(16-20)28-23-15-19(26)10-12-21(23)25(22)18-8-6-17(4-2)7-9-18/h2,6-13,15-16H,3,5,14H2,1H3. The van der Waals surface area contributed by atoms with Gasteiger partial charge in [-0.15, -0.1) is 6.42 Å². The van der Waals surface area contributed by atoms with Gasteiger partial charge in [-0.25, -0.2) is 0 Å². The molecule has 0 aromatic heterocycles. The molecule has 2 aliphatic rings. The zero-order valence-electron chi connectivity index (χ0n) is 15.7. The number of hydrogen-bond donors (Lipinski definition) is 0. The van der Waals surface area contributed by atoms with Crippen LogP contribution in [0.2, 0.25) is 0 Å². The van der Waals surface area contributed by atoms with Crippen molar-refractivity contribution in [2.24, 2.45) is 0 Å². The summed E-state index contributed by atoms with van der Waals surface area (Å²) < 4.78 is 11.9. The molecule has 0 unspecified atom stereocenters. The number of rotatable bonds is 5. The molecule has 0 N–H and O–H groups in total. The van der Waals surface area contributed by atoms with E-state index in [-0.39, 0.29) is 5.43 Å². The summed E-state index contributed by atoms with van der Waals surface area (Å²) in [6.45, 7) is 2.80. The third kappa shape index (κ3) is 3.37. The highest BCUT2D eigenvalue weighted by molar-refractivity contribution is 6.02. The maximum atomic E-state index is 11.9. The molecule has 0 saturated heterocycles. The van der Waals surface area contributed by atoms with Crippen molar-refractivity contribution in [2.75, 3.05) is 6.61 Å². The summed E-state index contributed by atoms with van der Waals surface area (Å²) in [5.41, 5.74) is 4.34. The third-order valence-electron chi connectivity index (χ3n) is 4.77. The van der Waals surface area contributed by atoms with Gasteiger partial charge >= 0.3 is 0 Å². The van der Waals surface area contributed by atoms with Gasteiger partial charge in [0.25, 0.3) is 0 Å². The van der Waals surface area contributed by atoms with Crippen molar-refractivity contribution >= 4 is 11.0 Å². The van der Waals surface area contributed by atoms with Crippen LogP contribution in [0, 0.1) is 12.3 Å². The topological polar surface area (TPSA) is 39.4 Å². The van der Waals surface area contributed by atoms with Gasteiger partial charge in [0.1, 0.15) is 17.1 Å². The van der Waals surface area contributed by atoms with E-state index in [0.717, 1.165) is 46.2 Å². The molecule has 28 heavy (non-hydrogen) atoms. The van der Waals surface area contributed by atoms with Gasteiger partial charge in [-0.05, 0) is 48.4 Å². The van der Waals surface area contributed by atoms with Crippen LogP contribution in [-0.2, 0) is 0 Å². The molecule has 138 valence electrons. The molecule has 2 aromatic rings. The Labute approximate surface area is 163 Å². The average Bonchev–Trinajstić information content (AvgIpc) is 2.72. The first-order chi connectivity index (χ1) is 13.7. The first-order valence-electron chi connectivity index (χ1n) is 9.40. The molecule has 0 radical (unpaired) electrons. The van der Waals surface area contributed by atoms with Crippen LogP contribution in [-0.4, -0.2) is 6.61 Å². The van der Waals surface area contributed by atoms with Crippen LogP contribution >= 0.6 is 0 Å². The zero-order valence-corrected chi connectivity index (χ0v) is 15.7. The number of ether oxygens (including phenoxy) is 1. The quantitative estimate of drug-likeness (QED) is 0.257. The Morgan fingerprint density at radius 2 is 1.86 bits per heavy atom. The zero-order chi connectivity index (χ0) is 19.5. The summed E-state index contributed by atoms with van der Waals surface area (Å²) in [6, 6.07) is 18.6. The van der Waals surface area contributed by atoms with Crippen molar-refractivity contribution in [3.63, 3.8) is 0 Å². The van der Waals surface area contributed by atoms with Crippen LogP contribution in [0.5, 0.6) is 5.75 Å². The van der Waals surface area contributed by atoms with Crippen LogP contribution in [0.4, 0.5) is 0 Å². The van der Waals surface area contributed by atoms with Crippen LogP contribution < -0.4 is 10.2 Å². The van der Waals surface area contributed by atoms with E-state index < -0.39 is 0 Å². The van der Waals surface area contributed by atoms with Gasteiger partial charge in [-0.2, -0.15) is 0 Å². The lowest BCUT2D eigenvalue weighted by molar-refractivity contribution is 0.309. The van der Waals surface area contributed by atoms with Gasteiger partial charge in [0, 0.05) is 34.2 Å². The van der Waals surface area contributed by atoms with Gasteiger partial charge < -0.3 is 9.15 Å². The molecule has 0 bridgehead atoms. The molecule has 4 rings (SSSR count). The second-order valence-corrected chi connectivity index (χ2v) is 6.72. The molecule has 0 saturated carbocycles. The Kier molecular flexibility index (Phi) is 4.87. The van der Waals surface area contributed by atoms with E-state index in [1.54, 1.807) is 6.07 Å². The Morgan fingerprint density at radius 1 is 1.04 bits per heavy atom. The highest BCUT2D eigenvalue weighted by Crippen LogP contribution is 2.40. The molecule has 1 aliphatic carbocycles. The molecule has 0 atom stereocenters. The van der Waals surface area contributed by atoms with E-state index in [9.17, 15) is 4.79 Å². The van der Waals surface area contributed by atoms with Crippen molar-refractivity contribution in [1.82, 2.24) is 0 Å². The first-order valence-corrected chi connectivity index (χ1v) is 9.40. The molecule has 0 fully saturated rings. The SMILES string of the molecule is C#Cc1ccc(-c2c3ccc(=O)cc-3oc3cc(OCCCC)ccc23)cc1. The number of hydrogen-bond acceptors (Lipinski definition) is 3. The van der Waals surface area contributed by atoms with Crippen molar-refractivity contribution in [3.8, 4) is 40.5 Å². The van der Waals surface area contributed by atoms with Gasteiger partial charge in [-0.1, -0.05) is 31.4 Å². The number of benzene rings is 3.